The van der Waals surface area contributed by atoms with Crippen LogP contribution in [0.4, 0.5) is 0 Å². The molecule has 6 nitrogen and oxygen atoms in total. The summed E-state index contributed by atoms with van der Waals surface area (Å²) in [5.41, 5.74) is 0. The van der Waals surface area contributed by atoms with Gasteiger partial charge in [0.15, 0.2) is 18.1 Å². The lowest BCUT2D eigenvalue weighted by molar-refractivity contribution is -0.162. The normalized spacial score (nSPS) is 25.9. The number of hydrogen-bond donors (Lipinski definition) is 0. The fourth-order valence-corrected chi connectivity index (χ4v) is 3.35. The maximum Gasteiger partial charge on any atom is 0.351 e. The zero-order chi connectivity index (χ0) is 17.1. The molecule has 0 spiro atoms. The van der Waals surface area contributed by atoms with Crippen molar-refractivity contribution in [1.29, 1.82) is 0 Å². The van der Waals surface area contributed by atoms with Gasteiger partial charge >= 0.3 is 5.97 Å². The third kappa shape index (κ3) is 3.47. The van der Waals surface area contributed by atoms with Crippen LogP contribution in [0.3, 0.4) is 0 Å². The number of ether oxygens (including phenoxy) is 3. The number of carbonyl (C=O) groups is 2. The van der Waals surface area contributed by atoms with E-state index in [1.165, 1.54) is 0 Å². The molecule has 0 aliphatic carbocycles. The Morgan fingerprint density at radius 1 is 1.17 bits per heavy atom. The Morgan fingerprint density at radius 2 is 1.83 bits per heavy atom. The molecule has 0 radical (unpaired) electrons. The maximum absolute atomic E-state index is 12.4. The largest absolute Gasteiger partial charge is 0.485 e. The Balaban J connectivity index is 1.53. The predicted octanol–water partition coefficient (Wildman–Crippen LogP) is 2.16. The summed E-state index contributed by atoms with van der Waals surface area (Å²) in [7, 11) is 0. The third-order valence-electron chi connectivity index (χ3n) is 4.59. The van der Waals surface area contributed by atoms with Crippen LogP contribution in [0, 0.1) is 0 Å². The number of benzene rings is 1. The molecule has 6 heteroatoms. The minimum absolute atomic E-state index is 0.0839. The molecule has 3 rings (SSSR count). The zero-order valence-corrected chi connectivity index (χ0v) is 14.1. The van der Waals surface area contributed by atoms with Gasteiger partial charge in [0, 0.05) is 12.1 Å². The molecule has 0 aromatic heterocycles. The molecule has 1 saturated heterocycles. The first kappa shape index (κ1) is 16.6. The molecule has 2 heterocycles. The van der Waals surface area contributed by atoms with Gasteiger partial charge in [-0.1, -0.05) is 12.1 Å². The van der Waals surface area contributed by atoms with E-state index >= 15 is 0 Å². The highest BCUT2D eigenvalue weighted by atomic mass is 16.6. The number of hydrogen-bond acceptors (Lipinski definition) is 5. The van der Waals surface area contributed by atoms with Gasteiger partial charge < -0.3 is 19.1 Å². The standard InChI is InChI=1S/C18H23NO5/c1-12-6-5-7-13(2)19(12)17(20)11-23-18(21)16-10-22-14-8-3-4-9-15(14)24-16/h3-4,8-9,12-13,16H,5-7,10-11H2,1-2H3. The van der Waals surface area contributed by atoms with Crippen LogP contribution in [0.5, 0.6) is 11.5 Å². The molecule has 3 atom stereocenters. The number of esters is 1. The Kier molecular flexibility index (Phi) is 4.92. The molecule has 2 aliphatic heterocycles. The summed E-state index contributed by atoms with van der Waals surface area (Å²) < 4.78 is 16.3. The van der Waals surface area contributed by atoms with Gasteiger partial charge in [0.2, 0.25) is 6.10 Å². The summed E-state index contributed by atoms with van der Waals surface area (Å²) in [6, 6.07) is 7.51. The molecule has 1 fully saturated rings. The topological polar surface area (TPSA) is 65.1 Å². The van der Waals surface area contributed by atoms with Crippen molar-refractivity contribution in [3.05, 3.63) is 24.3 Å². The first-order valence-corrected chi connectivity index (χ1v) is 8.42. The highest BCUT2D eigenvalue weighted by Gasteiger charge is 2.32. The van der Waals surface area contributed by atoms with Crippen molar-refractivity contribution < 1.29 is 23.8 Å². The van der Waals surface area contributed by atoms with E-state index in [-0.39, 0.29) is 31.2 Å². The number of likely N-dealkylation sites (tertiary alicyclic amines) is 1. The molecule has 0 bridgehead atoms. The van der Waals surface area contributed by atoms with Crippen molar-refractivity contribution in [2.45, 2.75) is 51.3 Å². The van der Waals surface area contributed by atoms with Crippen molar-refractivity contribution in [2.24, 2.45) is 0 Å². The number of para-hydroxylation sites is 2. The van der Waals surface area contributed by atoms with Crippen molar-refractivity contribution in [2.75, 3.05) is 13.2 Å². The highest BCUT2D eigenvalue weighted by molar-refractivity contribution is 5.83. The molecule has 1 aromatic rings. The van der Waals surface area contributed by atoms with Crippen molar-refractivity contribution >= 4 is 11.9 Å². The molecule has 1 amide bonds. The summed E-state index contributed by atoms with van der Waals surface area (Å²) in [4.78, 5) is 26.4. The third-order valence-corrected chi connectivity index (χ3v) is 4.59. The van der Waals surface area contributed by atoms with Crippen LogP contribution < -0.4 is 9.47 Å². The lowest BCUT2D eigenvalue weighted by atomic mass is 9.97. The van der Waals surface area contributed by atoms with Gasteiger partial charge in [0.05, 0.1) is 0 Å². The first-order valence-electron chi connectivity index (χ1n) is 8.42. The average molecular weight is 333 g/mol. The second-order valence-electron chi connectivity index (χ2n) is 6.40. The molecule has 0 saturated carbocycles. The van der Waals surface area contributed by atoms with Crippen LogP contribution in [0.25, 0.3) is 0 Å². The molecule has 0 N–H and O–H groups in total. The summed E-state index contributed by atoms with van der Waals surface area (Å²) >= 11 is 0. The number of piperidine rings is 1. The average Bonchev–Trinajstić information content (AvgIpc) is 2.59. The minimum Gasteiger partial charge on any atom is -0.485 e. The number of amides is 1. The second kappa shape index (κ2) is 7.11. The first-order chi connectivity index (χ1) is 11.6. The lowest BCUT2D eigenvalue weighted by Gasteiger charge is -2.39. The van der Waals surface area contributed by atoms with Gasteiger partial charge in [0.25, 0.3) is 5.91 Å². The molecule has 3 unspecified atom stereocenters. The predicted molar refractivity (Wildman–Crippen MR) is 86.9 cm³/mol. The molecule has 24 heavy (non-hydrogen) atoms. The number of nitrogens with zero attached hydrogens (tertiary/aromatic N) is 1. The van der Waals surface area contributed by atoms with Gasteiger partial charge in [-0.25, -0.2) is 4.79 Å². The maximum atomic E-state index is 12.4. The quantitative estimate of drug-likeness (QED) is 0.793. The Morgan fingerprint density at radius 3 is 2.54 bits per heavy atom. The highest BCUT2D eigenvalue weighted by Crippen LogP contribution is 2.31. The van der Waals surface area contributed by atoms with Gasteiger partial charge in [-0.3, -0.25) is 4.79 Å². The summed E-state index contributed by atoms with van der Waals surface area (Å²) in [6.07, 6.45) is 2.25. The fraction of sp³-hybridized carbons (Fsp3) is 0.556. The number of carbonyl (C=O) groups excluding carboxylic acids is 2. The summed E-state index contributed by atoms with van der Waals surface area (Å²) in [6.45, 7) is 3.89. The van der Waals surface area contributed by atoms with Crippen LogP contribution in [-0.2, 0) is 14.3 Å². The van der Waals surface area contributed by atoms with Gasteiger partial charge in [-0.2, -0.15) is 0 Å². The van der Waals surface area contributed by atoms with Crippen LogP contribution in [-0.4, -0.2) is 48.2 Å². The fourth-order valence-electron chi connectivity index (χ4n) is 3.35. The summed E-state index contributed by atoms with van der Waals surface area (Å²) in [5, 5.41) is 0. The van der Waals surface area contributed by atoms with E-state index in [4.69, 9.17) is 14.2 Å². The second-order valence-corrected chi connectivity index (χ2v) is 6.40. The van der Waals surface area contributed by atoms with E-state index in [1.54, 1.807) is 18.2 Å². The van der Waals surface area contributed by atoms with Crippen LogP contribution in [0.1, 0.15) is 33.1 Å². The van der Waals surface area contributed by atoms with Crippen LogP contribution >= 0.6 is 0 Å². The molecule has 130 valence electrons. The minimum atomic E-state index is -0.844. The lowest BCUT2D eigenvalue weighted by Crippen LogP contribution is -2.49. The zero-order valence-electron chi connectivity index (χ0n) is 14.1. The van der Waals surface area contributed by atoms with E-state index < -0.39 is 12.1 Å². The van der Waals surface area contributed by atoms with Crippen molar-refractivity contribution in [1.82, 2.24) is 4.90 Å². The smallest absolute Gasteiger partial charge is 0.351 e. The Hall–Kier alpha value is -2.24. The van der Waals surface area contributed by atoms with Crippen molar-refractivity contribution in [3.63, 3.8) is 0 Å². The van der Waals surface area contributed by atoms with Gasteiger partial charge in [0.1, 0.15) is 6.61 Å². The monoisotopic (exact) mass is 333 g/mol. The summed E-state index contributed by atoms with van der Waals surface area (Å²) in [5.74, 6) is 0.388. The number of fused-ring (bicyclic) bond motifs is 1. The molecule has 1 aromatic carbocycles. The Labute approximate surface area is 141 Å². The van der Waals surface area contributed by atoms with Crippen molar-refractivity contribution in [3.8, 4) is 11.5 Å². The van der Waals surface area contributed by atoms with E-state index in [1.807, 2.05) is 24.8 Å². The van der Waals surface area contributed by atoms with E-state index in [9.17, 15) is 9.59 Å². The van der Waals surface area contributed by atoms with Gasteiger partial charge in [-0.15, -0.1) is 0 Å². The van der Waals surface area contributed by atoms with Gasteiger partial charge in [-0.05, 0) is 45.2 Å². The van der Waals surface area contributed by atoms with Crippen LogP contribution in [0.15, 0.2) is 24.3 Å². The van der Waals surface area contributed by atoms with E-state index in [2.05, 4.69) is 0 Å². The van der Waals surface area contributed by atoms with Crippen LogP contribution in [0.2, 0.25) is 0 Å². The molecular formula is C18H23NO5. The van der Waals surface area contributed by atoms with E-state index in [0.717, 1.165) is 19.3 Å². The Bertz CT molecular complexity index is 607. The number of rotatable bonds is 3. The molecule has 2 aliphatic rings. The van der Waals surface area contributed by atoms with E-state index in [0.29, 0.717) is 11.5 Å². The SMILES string of the molecule is CC1CCCC(C)N1C(=O)COC(=O)C1COc2ccccc2O1. The molecular weight excluding hydrogens is 310 g/mol.